The Labute approximate surface area is 88.8 Å². The van der Waals surface area contributed by atoms with Crippen molar-refractivity contribution in [3.05, 3.63) is 12.4 Å². The van der Waals surface area contributed by atoms with Gasteiger partial charge in [-0.3, -0.25) is 14.8 Å². The molecule has 2 heterocycles. The van der Waals surface area contributed by atoms with Gasteiger partial charge in [0.25, 0.3) is 0 Å². The molecule has 1 saturated heterocycles. The molecule has 0 spiro atoms. The standard InChI is InChI=1S/C10H16N4O/c15-10(13-9-6-11-12-7-9)8-14-4-2-1-3-5-14/h6-7H,1-5,8H2,(H,11,12)(H,13,15). The summed E-state index contributed by atoms with van der Waals surface area (Å²) in [4.78, 5) is 13.8. The molecular weight excluding hydrogens is 192 g/mol. The van der Waals surface area contributed by atoms with Gasteiger partial charge in [-0.05, 0) is 25.9 Å². The molecule has 0 unspecified atom stereocenters. The molecule has 0 atom stereocenters. The van der Waals surface area contributed by atoms with Gasteiger partial charge in [0.1, 0.15) is 0 Å². The topological polar surface area (TPSA) is 61.0 Å². The number of piperidine rings is 1. The molecule has 0 aliphatic carbocycles. The SMILES string of the molecule is O=C(CN1CCCCC1)Nc1cn[nH]c1. The molecule has 5 nitrogen and oxygen atoms in total. The second-order valence-corrected chi connectivity index (χ2v) is 3.87. The van der Waals surface area contributed by atoms with Crippen molar-refractivity contribution in [1.29, 1.82) is 0 Å². The number of aromatic amines is 1. The summed E-state index contributed by atoms with van der Waals surface area (Å²) in [5.41, 5.74) is 0.733. The van der Waals surface area contributed by atoms with Gasteiger partial charge in [0, 0.05) is 6.20 Å². The molecule has 82 valence electrons. The zero-order valence-electron chi connectivity index (χ0n) is 8.70. The van der Waals surface area contributed by atoms with E-state index < -0.39 is 0 Å². The first-order valence-corrected chi connectivity index (χ1v) is 5.35. The minimum atomic E-state index is 0.0401. The van der Waals surface area contributed by atoms with E-state index in [1.165, 1.54) is 19.3 Å². The Balaban J connectivity index is 1.76. The second-order valence-electron chi connectivity index (χ2n) is 3.87. The highest BCUT2D eigenvalue weighted by molar-refractivity contribution is 5.91. The maximum Gasteiger partial charge on any atom is 0.238 e. The Morgan fingerprint density at radius 2 is 2.27 bits per heavy atom. The predicted octanol–water partition coefficient (Wildman–Crippen LogP) is 0.834. The third-order valence-electron chi connectivity index (χ3n) is 2.60. The fourth-order valence-corrected chi connectivity index (χ4v) is 1.84. The normalized spacial score (nSPS) is 17.6. The molecule has 1 amide bonds. The van der Waals surface area contributed by atoms with Crippen LogP contribution in [0.25, 0.3) is 0 Å². The summed E-state index contributed by atoms with van der Waals surface area (Å²) in [5, 5.41) is 9.22. The molecule has 0 saturated carbocycles. The van der Waals surface area contributed by atoms with Crippen LogP contribution in [0.5, 0.6) is 0 Å². The highest BCUT2D eigenvalue weighted by Gasteiger charge is 2.13. The van der Waals surface area contributed by atoms with Gasteiger partial charge in [0.05, 0.1) is 18.4 Å². The number of H-pyrrole nitrogens is 1. The zero-order valence-corrected chi connectivity index (χ0v) is 8.70. The number of carbonyl (C=O) groups is 1. The van der Waals surface area contributed by atoms with E-state index in [0.717, 1.165) is 18.8 Å². The third kappa shape index (κ3) is 3.06. The summed E-state index contributed by atoms with van der Waals surface area (Å²) in [6.07, 6.45) is 6.99. The molecule has 1 aromatic heterocycles. The lowest BCUT2D eigenvalue weighted by molar-refractivity contribution is -0.117. The number of nitrogens with one attached hydrogen (secondary N) is 2. The van der Waals surface area contributed by atoms with Crippen molar-refractivity contribution in [2.24, 2.45) is 0 Å². The van der Waals surface area contributed by atoms with Gasteiger partial charge in [0.2, 0.25) is 5.91 Å². The van der Waals surface area contributed by atoms with Gasteiger partial charge < -0.3 is 5.32 Å². The highest BCUT2D eigenvalue weighted by Crippen LogP contribution is 2.08. The van der Waals surface area contributed by atoms with Crippen molar-refractivity contribution in [2.45, 2.75) is 19.3 Å². The molecule has 1 aliphatic heterocycles. The first kappa shape index (κ1) is 10.2. The van der Waals surface area contributed by atoms with Crippen molar-refractivity contribution in [2.75, 3.05) is 25.0 Å². The van der Waals surface area contributed by atoms with E-state index in [2.05, 4.69) is 20.4 Å². The number of hydrogen-bond acceptors (Lipinski definition) is 3. The summed E-state index contributed by atoms with van der Waals surface area (Å²) >= 11 is 0. The maximum atomic E-state index is 11.6. The predicted molar refractivity (Wildman–Crippen MR) is 57.5 cm³/mol. The molecule has 2 rings (SSSR count). The van der Waals surface area contributed by atoms with Crippen LogP contribution in [0.3, 0.4) is 0 Å². The second kappa shape index (κ2) is 4.93. The summed E-state index contributed by atoms with van der Waals surface area (Å²) in [6, 6.07) is 0. The minimum absolute atomic E-state index is 0.0401. The fourth-order valence-electron chi connectivity index (χ4n) is 1.84. The summed E-state index contributed by atoms with van der Waals surface area (Å²) < 4.78 is 0. The molecule has 0 bridgehead atoms. The first-order valence-electron chi connectivity index (χ1n) is 5.35. The molecule has 0 aromatic carbocycles. The van der Waals surface area contributed by atoms with Crippen LogP contribution in [0, 0.1) is 0 Å². The van der Waals surface area contributed by atoms with Gasteiger partial charge in [-0.15, -0.1) is 0 Å². The van der Waals surface area contributed by atoms with Crippen LogP contribution in [0.4, 0.5) is 5.69 Å². The van der Waals surface area contributed by atoms with Crippen LogP contribution < -0.4 is 5.32 Å². The average Bonchev–Trinajstić information content (AvgIpc) is 2.71. The van der Waals surface area contributed by atoms with Gasteiger partial charge in [-0.2, -0.15) is 5.10 Å². The van der Waals surface area contributed by atoms with Crippen LogP contribution in [0.15, 0.2) is 12.4 Å². The molecule has 15 heavy (non-hydrogen) atoms. The number of anilines is 1. The van der Waals surface area contributed by atoms with E-state index >= 15 is 0 Å². The molecule has 0 radical (unpaired) electrons. The number of hydrogen-bond donors (Lipinski definition) is 2. The van der Waals surface area contributed by atoms with Crippen LogP contribution in [-0.4, -0.2) is 40.6 Å². The van der Waals surface area contributed by atoms with E-state index in [1.807, 2.05) is 0 Å². The molecular formula is C10H16N4O. The first-order chi connectivity index (χ1) is 7.34. The minimum Gasteiger partial charge on any atom is -0.322 e. The summed E-state index contributed by atoms with van der Waals surface area (Å²) in [6.45, 7) is 2.57. The van der Waals surface area contributed by atoms with E-state index in [0.29, 0.717) is 6.54 Å². The lowest BCUT2D eigenvalue weighted by atomic mass is 10.1. The zero-order chi connectivity index (χ0) is 10.5. The van der Waals surface area contributed by atoms with Crippen LogP contribution in [0.2, 0.25) is 0 Å². The fraction of sp³-hybridized carbons (Fsp3) is 0.600. The number of likely N-dealkylation sites (tertiary alicyclic amines) is 1. The Bertz CT molecular complexity index is 303. The molecule has 5 heteroatoms. The van der Waals surface area contributed by atoms with Crippen LogP contribution >= 0.6 is 0 Å². The Kier molecular flexibility index (Phi) is 3.34. The number of carbonyl (C=O) groups excluding carboxylic acids is 1. The molecule has 1 fully saturated rings. The lowest BCUT2D eigenvalue weighted by Crippen LogP contribution is -2.36. The summed E-state index contributed by atoms with van der Waals surface area (Å²) in [5.74, 6) is 0.0401. The summed E-state index contributed by atoms with van der Waals surface area (Å²) in [7, 11) is 0. The number of aromatic nitrogens is 2. The average molecular weight is 208 g/mol. The van der Waals surface area contributed by atoms with Gasteiger partial charge >= 0.3 is 0 Å². The molecule has 2 N–H and O–H groups in total. The van der Waals surface area contributed by atoms with Crippen molar-refractivity contribution < 1.29 is 4.79 Å². The van der Waals surface area contributed by atoms with Crippen LogP contribution in [0.1, 0.15) is 19.3 Å². The largest absolute Gasteiger partial charge is 0.322 e. The third-order valence-corrected chi connectivity index (χ3v) is 2.60. The van der Waals surface area contributed by atoms with E-state index in [-0.39, 0.29) is 5.91 Å². The quantitative estimate of drug-likeness (QED) is 0.773. The Morgan fingerprint density at radius 3 is 2.93 bits per heavy atom. The van der Waals surface area contributed by atoms with E-state index in [9.17, 15) is 4.79 Å². The maximum absolute atomic E-state index is 11.6. The number of nitrogens with zero attached hydrogens (tertiary/aromatic N) is 2. The van der Waals surface area contributed by atoms with Crippen molar-refractivity contribution >= 4 is 11.6 Å². The Morgan fingerprint density at radius 1 is 1.47 bits per heavy atom. The van der Waals surface area contributed by atoms with E-state index in [4.69, 9.17) is 0 Å². The number of amides is 1. The smallest absolute Gasteiger partial charge is 0.238 e. The molecule has 1 aliphatic rings. The van der Waals surface area contributed by atoms with Crippen molar-refractivity contribution in [1.82, 2.24) is 15.1 Å². The highest BCUT2D eigenvalue weighted by atomic mass is 16.2. The lowest BCUT2D eigenvalue weighted by Gasteiger charge is -2.25. The van der Waals surface area contributed by atoms with Crippen LogP contribution in [-0.2, 0) is 4.79 Å². The van der Waals surface area contributed by atoms with E-state index in [1.54, 1.807) is 12.4 Å². The van der Waals surface area contributed by atoms with Gasteiger partial charge in [0.15, 0.2) is 0 Å². The van der Waals surface area contributed by atoms with Gasteiger partial charge in [-0.25, -0.2) is 0 Å². The Hall–Kier alpha value is -1.36. The van der Waals surface area contributed by atoms with Crippen molar-refractivity contribution in [3.63, 3.8) is 0 Å². The molecule has 1 aromatic rings. The monoisotopic (exact) mass is 208 g/mol. The van der Waals surface area contributed by atoms with Crippen molar-refractivity contribution in [3.8, 4) is 0 Å². The van der Waals surface area contributed by atoms with Gasteiger partial charge in [-0.1, -0.05) is 6.42 Å². The number of rotatable bonds is 3.